The van der Waals surface area contributed by atoms with Gasteiger partial charge in [-0.3, -0.25) is 4.98 Å². The van der Waals surface area contributed by atoms with E-state index in [2.05, 4.69) is 50.9 Å². The van der Waals surface area contributed by atoms with E-state index in [-0.39, 0.29) is 5.41 Å². The first kappa shape index (κ1) is 11.4. The third kappa shape index (κ3) is 1.80. The lowest BCUT2D eigenvalue weighted by atomic mass is 9.84. The van der Waals surface area contributed by atoms with Crippen LogP contribution in [0.1, 0.15) is 31.9 Å². The molecule has 1 aromatic carbocycles. The lowest BCUT2D eigenvalue weighted by Gasteiger charge is -2.22. The standard InChI is InChI=1S/C14H16ClN/c1-9-6-5-7-10-12(14(2,3)4)11(15)8-16-13(9)10/h5-8H,1-4H3. The van der Waals surface area contributed by atoms with Crippen LogP contribution in [-0.4, -0.2) is 4.98 Å². The van der Waals surface area contributed by atoms with Gasteiger partial charge in [0.15, 0.2) is 0 Å². The van der Waals surface area contributed by atoms with E-state index in [1.165, 1.54) is 16.5 Å². The Balaban J connectivity index is 2.91. The van der Waals surface area contributed by atoms with Gasteiger partial charge in [-0.2, -0.15) is 0 Å². The summed E-state index contributed by atoms with van der Waals surface area (Å²) in [6.07, 6.45) is 1.76. The minimum absolute atomic E-state index is 0.0338. The average molecular weight is 234 g/mol. The first-order valence-electron chi connectivity index (χ1n) is 5.45. The zero-order valence-electron chi connectivity index (χ0n) is 10.1. The van der Waals surface area contributed by atoms with E-state index >= 15 is 0 Å². The van der Waals surface area contributed by atoms with Crippen LogP contribution in [0, 0.1) is 6.92 Å². The normalized spacial score (nSPS) is 12.1. The number of rotatable bonds is 0. The number of hydrogen-bond donors (Lipinski definition) is 0. The molecule has 0 spiro atoms. The van der Waals surface area contributed by atoms with Gasteiger partial charge in [0.1, 0.15) is 0 Å². The first-order chi connectivity index (χ1) is 7.41. The van der Waals surface area contributed by atoms with Crippen LogP contribution in [0.4, 0.5) is 0 Å². The lowest BCUT2D eigenvalue weighted by Crippen LogP contribution is -2.13. The number of pyridine rings is 1. The second-order valence-electron chi connectivity index (χ2n) is 5.20. The number of fused-ring (bicyclic) bond motifs is 1. The monoisotopic (exact) mass is 233 g/mol. The van der Waals surface area contributed by atoms with E-state index in [1.807, 2.05) is 0 Å². The molecule has 0 aliphatic heterocycles. The van der Waals surface area contributed by atoms with E-state index in [0.717, 1.165) is 10.5 Å². The molecule has 2 aromatic rings. The van der Waals surface area contributed by atoms with Crippen LogP contribution in [0.3, 0.4) is 0 Å². The van der Waals surface area contributed by atoms with Crippen LogP contribution in [-0.2, 0) is 5.41 Å². The Labute approximate surface area is 101 Å². The third-order valence-corrected chi connectivity index (χ3v) is 3.09. The van der Waals surface area contributed by atoms with Crippen molar-refractivity contribution < 1.29 is 0 Å². The Morgan fingerprint density at radius 3 is 2.50 bits per heavy atom. The van der Waals surface area contributed by atoms with Crippen LogP contribution < -0.4 is 0 Å². The Bertz CT molecular complexity index is 538. The van der Waals surface area contributed by atoms with Gasteiger partial charge in [-0.05, 0) is 23.5 Å². The number of aromatic nitrogens is 1. The number of halogens is 1. The molecule has 2 heteroatoms. The maximum absolute atomic E-state index is 6.28. The summed E-state index contributed by atoms with van der Waals surface area (Å²) in [5, 5.41) is 1.92. The highest BCUT2D eigenvalue weighted by molar-refractivity contribution is 6.32. The maximum atomic E-state index is 6.28. The van der Waals surface area contributed by atoms with Crippen molar-refractivity contribution in [1.29, 1.82) is 0 Å². The molecule has 0 aliphatic rings. The molecule has 1 aromatic heterocycles. The van der Waals surface area contributed by atoms with Gasteiger partial charge in [0.2, 0.25) is 0 Å². The van der Waals surface area contributed by atoms with Crippen LogP contribution >= 0.6 is 11.6 Å². The van der Waals surface area contributed by atoms with Gasteiger partial charge in [0.05, 0.1) is 10.5 Å². The van der Waals surface area contributed by atoms with Gasteiger partial charge in [-0.1, -0.05) is 50.6 Å². The summed E-state index contributed by atoms with van der Waals surface area (Å²) >= 11 is 6.28. The Morgan fingerprint density at radius 2 is 1.88 bits per heavy atom. The molecule has 16 heavy (non-hydrogen) atoms. The predicted molar refractivity (Wildman–Crippen MR) is 70.2 cm³/mol. The zero-order chi connectivity index (χ0) is 11.9. The van der Waals surface area contributed by atoms with E-state index in [0.29, 0.717) is 0 Å². The quantitative estimate of drug-likeness (QED) is 0.653. The highest BCUT2D eigenvalue weighted by Crippen LogP contribution is 2.35. The molecular weight excluding hydrogens is 218 g/mol. The number of aryl methyl sites for hydroxylation is 1. The number of hydrogen-bond acceptors (Lipinski definition) is 1. The molecule has 0 bridgehead atoms. The summed E-state index contributed by atoms with van der Waals surface area (Å²) in [6.45, 7) is 8.61. The fourth-order valence-corrected chi connectivity index (χ4v) is 2.54. The number of para-hydroxylation sites is 1. The molecule has 0 saturated heterocycles. The molecule has 1 nitrogen and oxygen atoms in total. The minimum Gasteiger partial charge on any atom is -0.254 e. The largest absolute Gasteiger partial charge is 0.254 e. The van der Waals surface area contributed by atoms with E-state index in [9.17, 15) is 0 Å². The Morgan fingerprint density at radius 1 is 1.19 bits per heavy atom. The summed E-state index contributed by atoms with van der Waals surface area (Å²) < 4.78 is 0. The fraction of sp³-hybridized carbons (Fsp3) is 0.357. The highest BCUT2D eigenvalue weighted by Gasteiger charge is 2.21. The SMILES string of the molecule is Cc1cccc2c(C(C)(C)C)c(Cl)cnc12. The van der Waals surface area contributed by atoms with Gasteiger partial charge in [-0.15, -0.1) is 0 Å². The van der Waals surface area contributed by atoms with E-state index < -0.39 is 0 Å². The molecule has 0 atom stereocenters. The average Bonchev–Trinajstić information content (AvgIpc) is 2.15. The molecule has 2 rings (SSSR count). The molecule has 0 amide bonds. The molecule has 84 valence electrons. The lowest BCUT2D eigenvalue weighted by molar-refractivity contribution is 0.595. The van der Waals surface area contributed by atoms with Gasteiger partial charge >= 0.3 is 0 Å². The summed E-state index contributed by atoms with van der Waals surface area (Å²) in [6, 6.07) is 6.24. The van der Waals surface area contributed by atoms with E-state index in [4.69, 9.17) is 11.6 Å². The molecule has 0 fully saturated rings. The third-order valence-electron chi connectivity index (χ3n) is 2.80. The van der Waals surface area contributed by atoms with Gasteiger partial charge in [0, 0.05) is 11.6 Å². The molecule has 0 unspecified atom stereocenters. The van der Waals surface area contributed by atoms with Crippen LogP contribution in [0.15, 0.2) is 24.4 Å². The number of nitrogens with zero attached hydrogens (tertiary/aromatic N) is 1. The molecule has 0 saturated carbocycles. The van der Waals surface area contributed by atoms with Crippen molar-refractivity contribution in [3.8, 4) is 0 Å². The highest BCUT2D eigenvalue weighted by atomic mass is 35.5. The maximum Gasteiger partial charge on any atom is 0.0735 e. The van der Waals surface area contributed by atoms with Gasteiger partial charge in [-0.25, -0.2) is 0 Å². The van der Waals surface area contributed by atoms with Crippen LogP contribution in [0.5, 0.6) is 0 Å². The summed E-state index contributed by atoms with van der Waals surface area (Å²) in [5.41, 5.74) is 3.46. The zero-order valence-corrected chi connectivity index (χ0v) is 10.9. The molecule has 1 heterocycles. The fourth-order valence-electron chi connectivity index (χ4n) is 2.11. The Hall–Kier alpha value is -1.08. The molecule has 0 radical (unpaired) electrons. The summed E-state index contributed by atoms with van der Waals surface area (Å²) in [4.78, 5) is 4.42. The second-order valence-corrected chi connectivity index (χ2v) is 5.61. The second kappa shape index (κ2) is 3.74. The Kier molecular flexibility index (Phi) is 2.67. The topological polar surface area (TPSA) is 12.9 Å². The van der Waals surface area contributed by atoms with Crippen molar-refractivity contribution in [2.45, 2.75) is 33.1 Å². The summed E-state index contributed by atoms with van der Waals surface area (Å²) in [5.74, 6) is 0. The van der Waals surface area contributed by atoms with Crippen molar-refractivity contribution >= 4 is 22.5 Å². The molecule has 0 aliphatic carbocycles. The minimum atomic E-state index is 0.0338. The van der Waals surface area contributed by atoms with E-state index in [1.54, 1.807) is 6.20 Å². The van der Waals surface area contributed by atoms with Crippen molar-refractivity contribution in [2.24, 2.45) is 0 Å². The smallest absolute Gasteiger partial charge is 0.0735 e. The first-order valence-corrected chi connectivity index (χ1v) is 5.83. The van der Waals surface area contributed by atoms with Crippen LogP contribution in [0.2, 0.25) is 5.02 Å². The van der Waals surface area contributed by atoms with Crippen molar-refractivity contribution in [2.75, 3.05) is 0 Å². The van der Waals surface area contributed by atoms with Crippen LogP contribution in [0.25, 0.3) is 10.9 Å². The predicted octanol–water partition coefficient (Wildman–Crippen LogP) is 4.49. The van der Waals surface area contributed by atoms with Crippen molar-refractivity contribution in [3.63, 3.8) is 0 Å². The van der Waals surface area contributed by atoms with Gasteiger partial charge in [0.25, 0.3) is 0 Å². The van der Waals surface area contributed by atoms with Crippen molar-refractivity contribution in [3.05, 3.63) is 40.5 Å². The molecule has 0 N–H and O–H groups in total. The number of benzene rings is 1. The summed E-state index contributed by atoms with van der Waals surface area (Å²) in [7, 11) is 0. The van der Waals surface area contributed by atoms with Gasteiger partial charge < -0.3 is 0 Å². The van der Waals surface area contributed by atoms with Crippen molar-refractivity contribution in [1.82, 2.24) is 4.98 Å². The molecular formula is C14H16ClN.